The highest BCUT2D eigenvalue weighted by Crippen LogP contribution is 2.30. The lowest BCUT2D eigenvalue weighted by molar-refractivity contribution is -0.116. The van der Waals surface area contributed by atoms with Gasteiger partial charge in [0.1, 0.15) is 12.1 Å². The van der Waals surface area contributed by atoms with Crippen LogP contribution < -0.4 is 16.2 Å². The Hall–Kier alpha value is -3.91. The maximum Gasteiger partial charge on any atom is 0.338 e. The minimum Gasteiger partial charge on any atom is -0.456 e. The van der Waals surface area contributed by atoms with Crippen LogP contribution in [0.5, 0.6) is 0 Å². The van der Waals surface area contributed by atoms with Crippen molar-refractivity contribution in [3.8, 4) is 11.1 Å². The number of carbonyl (C=O) groups is 3. The summed E-state index contributed by atoms with van der Waals surface area (Å²) in [6, 6.07) is 13.0. The Kier molecular flexibility index (Phi) is 6.99. The SMILES string of the molecule is CC(C)(C)OC(=O)c1ccc(NC(=O)Cn2cc3c(cc2=O)-c2cc(Cl)ccc2CCNC3=O)cc1. The number of rotatable bonds is 4. The smallest absolute Gasteiger partial charge is 0.338 e. The molecule has 2 amide bonds. The van der Waals surface area contributed by atoms with E-state index >= 15 is 0 Å². The number of nitrogens with one attached hydrogen (secondary N) is 2. The third-order valence-electron chi connectivity index (χ3n) is 5.53. The van der Waals surface area contributed by atoms with Crippen LogP contribution in [0.1, 0.15) is 47.1 Å². The number of halogens is 1. The first-order valence-electron chi connectivity index (χ1n) is 11.4. The fourth-order valence-electron chi connectivity index (χ4n) is 3.91. The van der Waals surface area contributed by atoms with E-state index in [1.54, 1.807) is 57.2 Å². The molecule has 2 heterocycles. The van der Waals surface area contributed by atoms with Crippen molar-refractivity contribution < 1.29 is 19.1 Å². The zero-order chi connectivity index (χ0) is 26.0. The second kappa shape index (κ2) is 9.99. The van der Waals surface area contributed by atoms with Crippen molar-refractivity contribution >= 4 is 35.1 Å². The van der Waals surface area contributed by atoms with Crippen LogP contribution in [0.3, 0.4) is 0 Å². The van der Waals surface area contributed by atoms with E-state index in [0.29, 0.717) is 34.8 Å². The molecular weight excluding hydrogens is 482 g/mol. The molecule has 9 heteroatoms. The molecule has 3 aromatic rings. The largest absolute Gasteiger partial charge is 0.456 e. The van der Waals surface area contributed by atoms with Gasteiger partial charge in [-0.2, -0.15) is 0 Å². The van der Waals surface area contributed by atoms with E-state index in [2.05, 4.69) is 10.6 Å². The van der Waals surface area contributed by atoms with Gasteiger partial charge in [0.25, 0.3) is 11.5 Å². The molecule has 0 aliphatic carbocycles. The molecule has 4 rings (SSSR count). The molecule has 0 bridgehead atoms. The second-order valence-corrected chi connectivity index (χ2v) is 9.94. The molecule has 1 aromatic heterocycles. The van der Waals surface area contributed by atoms with E-state index in [4.69, 9.17) is 16.3 Å². The number of hydrogen-bond donors (Lipinski definition) is 2. The first-order valence-corrected chi connectivity index (χ1v) is 11.8. The highest BCUT2D eigenvalue weighted by atomic mass is 35.5. The summed E-state index contributed by atoms with van der Waals surface area (Å²) in [5.74, 6) is -1.26. The van der Waals surface area contributed by atoms with E-state index in [1.165, 1.54) is 16.8 Å². The molecule has 0 fully saturated rings. The predicted octanol–water partition coefficient (Wildman–Crippen LogP) is 4.05. The highest BCUT2D eigenvalue weighted by molar-refractivity contribution is 6.31. The minimum absolute atomic E-state index is 0.285. The van der Waals surface area contributed by atoms with Crippen molar-refractivity contribution in [1.29, 1.82) is 0 Å². The van der Waals surface area contributed by atoms with Gasteiger partial charge in [0.15, 0.2) is 0 Å². The van der Waals surface area contributed by atoms with Crippen molar-refractivity contribution in [2.24, 2.45) is 0 Å². The van der Waals surface area contributed by atoms with Gasteiger partial charge < -0.3 is 19.9 Å². The molecule has 0 atom stereocenters. The zero-order valence-electron chi connectivity index (χ0n) is 20.2. The van der Waals surface area contributed by atoms with Crippen molar-refractivity contribution in [2.45, 2.75) is 39.3 Å². The predicted molar refractivity (Wildman–Crippen MR) is 137 cm³/mol. The first-order chi connectivity index (χ1) is 17.0. The van der Waals surface area contributed by atoms with Gasteiger partial charge in [-0.05, 0) is 74.7 Å². The molecular formula is C27H26ClN3O5. The average Bonchev–Trinajstić information content (AvgIpc) is 2.79. The molecule has 186 valence electrons. The van der Waals surface area contributed by atoms with E-state index in [9.17, 15) is 19.2 Å². The Morgan fingerprint density at radius 1 is 1.03 bits per heavy atom. The van der Waals surface area contributed by atoms with E-state index in [-0.39, 0.29) is 18.0 Å². The molecule has 2 aromatic carbocycles. The van der Waals surface area contributed by atoms with Gasteiger partial charge in [0, 0.05) is 35.1 Å². The topological polar surface area (TPSA) is 106 Å². The normalized spacial score (nSPS) is 12.9. The highest BCUT2D eigenvalue weighted by Gasteiger charge is 2.22. The number of nitrogens with zero attached hydrogens (tertiary/aromatic N) is 1. The summed E-state index contributed by atoms with van der Waals surface area (Å²) in [7, 11) is 0. The second-order valence-electron chi connectivity index (χ2n) is 9.50. The van der Waals surface area contributed by atoms with Crippen molar-refractivity contribution in [3.63, 3.8) is 0 Å². The molecule has 1 aliphatic rings. The third kappa shape index (κ3) is 5.83. The summed E-state index contributed by atoms with van der Waals surface area (Å²) in [5, 5.41) is 6.04. The lowest BCUT2D eigenvalue weighted by atomic mass is 9.93. The summed E-state index contributed by atoms with van der Waals surface area (Å²) in [4.78, 5) is 50.5. The number of amides is 2. The summed E-state index contributed by atoms with van der Waals surface area (Å²) in [5.41, 5.74) is 2.21. The Morgan fingerprint density at radius 2 is 1.75 bits per heavy atom. The Balaban J connectivity index is 1.54. The number of carbonyl (C=O) groups excluding carboxylic acids is 3. The van der Waals surface area contributed by atoms with Gasteiger partial charge >= 0.3 is 5.97 Å². The van der Waals surface area contributed by atoms with Crippen molar-refractivity contribution in [3.05, 3.63) is 86.8 Å². The molecule has 1 aliphatic heterocycles. The lowest BCUT2D eigenvalue weighted by Crippen LogP contribution is -2.32. The van der Waals surface area contributed by atoms with Crippen LogP contribution in [0, 0.1) is 0 Å². The van der Waals surface area contributed by atoms with Crippen LogP contribution in [-0.2, 0) is 22.5 Å². The number of benzene rings is 2. The van der Waals surface area contributed by atoms with Crippen LogP contribution in [0.4, 0.5) is 5.69 Å². The Labute approximate surface area is 213 Å². The standard InChI is InChI=1S/C27H26ClN3O5/c1-27(2,3)36-26(35)17-5-8-19(9-6-17)30-23(32)15-31-14-22-21(13-24(31)33)20-12-18(28)7-4-16(20)10-11-29-25(22)34/h4-9,12-14H,10-11,15H2,1-3H3,(H,29,34)(H,30,32). The summed E-state index contributed by atoms with van der Waals surface area (Å²) in [6.07, 6.45) is 2.00. The third-order valence-corrected chi connectivity index (χ3v) is 5.76. The number of ether oxygens (including phenoxy) is 1. The lowest BCUT2D eigenvalue weighted by Gasteiger charge is -2.19. The molecule has 0 unspecified atom stereocenters. The summed E-state index contributed by atoms with van der Waals surface area (Å²) >= 11 is 6.18. The van der Waals surface area contributed by atoms with Crippen LogP contribution in [-0.4, -0.2) is 34.5 Å². The molecule has 2 N–H and O–H groups in total. The number of anilines is 1. The fourth-order valence-corrected chi connectivity index (χ4v) is 4.08. The molecule has 8 nitrogen and oxygen atoms in total. The molecule has 0 saturated carbocycles. The van der Waals surface area contributed by atoms with Gasteiger partial charge in [0.05, 0.1) is 11.1 Å². The summed E-state index contributed by atoms with van der Waals surface area (Å²) in [6.45, 7) is 5.48. The zero-order valence-corrected chi connectivity index (χ0v) is 20.9. The number of hydrogen-bond acceptors (Lipinski definition) is 5. The van der Waals surface area contributed by atoms with Gasteiger partial charge in [-0.3, -0.25) is 14.4 Å². The first kappa shape index (κ1) is 25.2. The number of pyridine rings is 1. The van der Waals surface area contributed by atoms with E-state index < -0.39 is 23.0 Å². The molecule has 0 radical (unpaired) electrons. The van der Waals surface area contributed by atoms with Crippen LogP contribution in [0.15, 0.2) is 59.5 Å². The monoisotopic (exact) mass is 507 g/mol. The van der Waals surface area contributed by atoms with Gasteiger partial charge in [0.2, 0.25) is 5.91 Å². The maximum atomic E-state index is 12.9. The van der Waals surface area contributed by atoms with Gasteiger partial charge in [-0.15, -0.1) is 0 Å². The van der Waals surface area contributed by atoms with Gasteiger partial charge in [-0.25, -0.2) is 4.79 Å². The Morgan fingerprint density at radius 3 is 2.44 bits per heavy atom. The number of esters is 1. The minimum atomic E-state index is -0.616. The van der Waals surface area contributed by atoms with Crippen LogP contribution in [0.2, 0.25) is 5.02 Å². The quantitative estimate of drug-likeness (QED) is 0.518. The average molecular weight is 508 g/mol. The van der Waals surface area contributed by atoms with Crippen LogP contribution >= 0.6 is 11.6 Å². The van der Waals surface area contributed by atoms with Crippen LogP contribution in [0.25, 0.3) is 11.1 Å². The molecule has 0 saturated heterocycles. The molecule has 0 spiro atoms. The maximum absolute atomic E-state index is 12.9. The summed E-state index contributed by atoms with van der Waals surface area (Å²) < 4.78 is 6.52. The number of aromatic nitrogens is 1. The van der Waals surface area contributed by atoms with Gasteiger partial charge in [-0.1, -0.05) is 17.7 Å². The number of fused-ring (bicyclic) bond motifs is 3. The van der Waals surface area contributed by atoms with Crippen molar-refractivity contribution in [1.82, 2.24) is 9.88 Å². The molecule has 36 heavy (non-hydrogen) atoms. The van der Waals surface area contributed by atoms with E-state index in [1.807, 2.05) is 6.07 Å². The van der Waals surface area contributed by atoms with E-state index in [0.717, 1.165) is 11.1 Å². The fraction of sp³-hybridized carbons (Fsp3) is 0.259. The van der Waals surface area contributed by atoms with Crippen molar-refractivity contribution in [2.75, 3.05) is 11.9 Å². The Bertz CT molecular complexity index is 1400.